The highest BCUT2D eigenvalue weighted by Crippen LogP contribution is 2.35. The fraction of sp³-hybridized carbons (Fsp3) is 0.625. The minimum absolute atomic E-state index is 0.0488. The highest BCUT2D eigenvalue weighted by molar-refractivity contribution is 5.29. The summed E-state index contributed by atoms with van der Waals surface area (Å²) in [6, 6.07) is 5.09. The number of nitrogens with two attached hydrogens (primary N) is 1. The molecule has 0 amide bonds. The van der Waals surface area contributed by atoms with E-state index in [-0.39, 0.29) is 29.8 Å². The smallest absolute Gasteiger partial charge is 0.165 e. The topological polar surface area (TPSA) is 56.5 Å². The molecule has 4 nitrogen and oxygen atoms in total. The Balaban J connectivity index is 2.14. The lowest BCUT2D eigenvalue weighted by atomic mass is 9.81. The van der Waals surface area contributed by atoms with Crippen LogP contribution in [0.2, 0.25) is 0 Å². The summed E-state index contributed by atoms with van der Waals surface area (Å²) in [5, 5.41) is 0. The summed E-state index contributed by atoms with van der Waals surface area (Å²) in [6.45, 7) is 6.34. The quantitative estimate of drug-likeness (QED) is 0.646. The van der Waals surface area contributed by atoms with E-state index in [1.165, 1.54) is 13.2 Å². The van der Waals surface area contributed by atoms with Gasteiger partial charge in [-0.1, -0.05) is 13.0 Å². The molecule has 21 heavy (non-hydrogen) atoms. The van der Waals surface area contributed by atoms with Gasteiger partial charge in [-0.3, -0.25) is 11.3 Å². The van der Waals surface area contributed by atoms with Gasteiger partial charge in [0.2, 0.25) is 0 Å². The molecule has 5 atom stereocenters. The molecule has 3 N–H and O–H groups in total. The predicted molar refractivity (Wildman–Crippen MR) is 80.4 cm³/mol. The molecular formula is C16H25FN2O2. The molecule has 1 fully saturated rings. The van der Waals surface area contributed by atoms with Crippen LogP contribution in [0.1, 0.15) is 26.3 Å². The first-order valence-corrected chi connectivity index (χ1v) is 7.42. The second-order valence-corrected chi connectivity index (χ2v) is 5.93. The van der Waals surface area contributed by atoms with E-state index in [1.807, 2.05) is 6.07 Å². The number of halogens is 1. The van der Waals surface area contributed by atoms with Crippen molar-refractivity contribution in [3.63, 3.8) is 0 Å². The van der Waals surface area contributed by atoms with Crippen LogP contribution in [0.3, 0.4) is 0 Å². The highest BCUT2D eigenvalue weighted by Gasteiger charge is 2.41. The Hall–Kier alpha value is -1.17. The van der Waals surface area contributed by atoms with Crippen LogP contribution in [0.25, 0.3) is 0 Å². The summed E-state index contributed by atoms with van der Waals surface area (Å²) in [4.78, 5) is 0. The minimum atomic E-state index is -0.345. The van der Waals surface area contributed by atoms with Gasteiger partial charge in [0.1, 0.15) is 0 Å². The van der Waals surface area contributed by atoms with Crippen molar-refractivity contribution >= 4 is 0 Å². The van der Waals surface area contributed by atoms with Gasteiger partial charge >= 0.3 is 0 Å². The fourth-order valence-corrected chi connectivity index (χ4v) is 3.38. The van der Waals surface area contributed by atoms with Gasteiger partial charge in [-0.2, -0.15) is 0 Å². The molecule has 5 heteroatoms. The SMILES string of the molecule is COc1ccc(CC(NN)C2C(C)OC(C)C2C)cc1F. The average molecular weight is 296 g/mol. The normalized spacial score (nSPS) is 30.4. The van der Waals surface area contributed by atoms with Crippen molar-refractivity contribution in [1.82, 2.24) is 5.43 Å². The zero-order valence-electron chi connectivity index (χ0n) is 13.1. The van der Waals surface area contributed by atoms with Crippen molar-refractivity contribution in [1.29, 1.82) is 0 Å². The number of hydrogen-bond acceptors (Lipinski definition) is 4. The maximum Gasteiger partial charge on any atom is 0.165 e. The lowest BCUT2D eigenvalue weighted by molar-refractivity contribution is 0.0476. The van der Waals surface area contributed by atoms with Crippen molar-refractivity contribution in [2.75, 3.05) is 7.11 Å². The Bertz CT molecular complexity index is 483. The summed E-state index contributed by atoms with van der Waals surface area (Å²) in [7, 11) is 1.46. The molecule has 1 heterocycles. The minimum Gasteiger partial charge on any atom is -0.494 e. The van der Waals surface area contributed by atoms with E-state index in [0.717, 1.165) is 5.56 Å². The molecule has 0 bridgehead atoms. The maximum atomic E-state index is 13.8. The third-order valence-electron chi connectivity index (χ3n) is 4.67. The van der Waals surface area contributed by atoms with Gasteiger partial charge in [0.15, 0.2) is 11.6 Å². The van der Waals surface area contributed by atoms with Crippen molar-refractivity contribution in [3.05, 3.63) is 29.6 Å². The zero-order valence-corrected chi connectivity index (χ0v) is 13.1. The van der Waals surface area contributed by atoms with E-state index in [1.54, 1.807) is 6.07 Å². The summed E-state index contributed by atoms with van der Waals surface area (Å²) >= 11 is 0. The Kier molecular flexibility index (Phi) is 5.19. The van der Waals surface area contributed by atoms with Crippen LogP contribution >= 0.6 is 0 Å². The molecule has 2 rings (SSSR count). The third kappa shape index (κ3) is 3.36. The predicted octanol–water partition coefficient (Wildman–Crippen LogP) is 2.27. The number of hydrogen-bond donors (Lipinski definition) is 2. The van der Waals surface area contributed by atoms with Crippen LogP contribution in [0.5, 0.6) is 5.75 Å². The van der Waals surface area contributed by atoms with E-state index in [9.17, 15) is 4.39 Å². The van der Waals surface area contributed by atoms with E-state index >= 15 is 0 Å². The Morgan fingerprint density at radius 1 is 1.33 bits per heavy atom. The van der Waals surface area contributed by atoms with Gasteiger partial charge in [-0.25, -0.2) is 4.39 Å². The molecule has 1 aromatic carbocycles. The molecule has 0 aliphatic carbocycles. The van der Waals surface area contributed by atoms with Crippen LogP contribution in [0.4, 0.5) is 4.39 Å². The summed E-state index contributed by atoms with van der Waals surface area (Å²) in [5.74, 6) is 6.36. The molecule has 1 saturated heterocycles. The Labute approximate surface area is 125 Å². The van der Waals surface area contributed by atoms with Crippen molar-refractivity contribution in [2.45, 2.75) is 45.4 Å². The number of hydrazine groups is 1. The first-order valence-electron chi connectivity index (χ1n) is 7.42. The van der Waals surface area contributed by atoms with E-state index in [4.69, 9.17) is 15.3 Å². The lowest BCUT2D eigenvalue weighted by Crippen LogP contribution is -2.46. The Morgan fingerprint density at radius 3 is 2.52 bits per heavy atom. The number of benzene rings is 1. The third-order valence-corrected chi connectivity index (χ3v) is 4.67. The number of nitrogens with one attached hydrogen (secondary N) is 1. The molecule has 0 saturated carbocycles. The van der Waals surface area contributed by atoms with Crippen LogP contribution < -0.4 is 16.0 Å². The molecular weight excluding hydrogens is 271 g/mol. The molecule has 1 aliphatic rings. The molecule has 1 aromatic rings. The molecule has 1 aliphatic heterocycles. The van der Waals surface area contributed by atoms with Crippen LogP contribution in [-0.2, 0) is 11.2 Å². The number of rotatable bonds is 5. The van der Waals surface area contributed by atoms with Gasteiger partial charge in [0.25, 0.3) is 0 Å². The molecule has 0 radical (unpaired) electrons. The van der Waals surface area contributed by atoms with E-state index in [0.29, 0.717) is 18.3 Å². The fourth-order valence-electron chi connectivity index (χ4n) is 3.38. The first-order chi connectivity index (χ1) is 9.97. The van der Waals surface area contributed by atoms with Gasteiger partial charge in [-0.05, 0) is 43.9 Å². The van der Waals surface area contributed by atoms with Crippen LogP contribution in [0.15, 0.2) is 18.2 Å². The second kappa shape index (κ2) is 6.73. The monoisotopic (exact) mass is 296 g/mol. The van der Waals surface area contributed by atoms with Crippen LogP contribution in [0, 0.1) is 17.7 Å². The average Bonchev–Trinajstić information content (AvgIpc) is 2.70. The van der Waals surface area contributed by atoms with Crippen molar-refractivity contribution in [3.8, 4) is 5.75 Å². The van der Waals surface area contributed by atoms with Gasteiger partial charge in [0.05, 0.1) is 19.3 Å². The maximum absolute atomic E-state index is 13.8. The van der Waals surface area contributed by atoms with Crippen LogP contribution in [-0.4, -0.2) is 25.4 Å². The van der Waals surface area contributed by atoms with Gasteiger partial charge in [0, 0.05) is 12.0 Å². The molecule has 0 aromatic heterocycles. The zero-order chi connectivity index (χ0) is 15.6. The highest BCUT2D eigenvalue weighted by atomic mass is 19.1. The number of ether oxygens (including phenoxy) is 2. The first kappa shape index (κ1) is 16.2. The number of methoxy groups -OCH3 is 1. The molecule has 0 spiro atoms. The Morgan fingerprint density at radius 2 is 2.05 bits per heavy atom. The van der Waals surface area contributed by atoms with Gasteiger partial charge < -0.3 is 9.47 Å². The molecule has 118 valence electrons. The van der Waals surface area contributed by atoms with E-state index in [2.05, 4.69) is 26.2 Å². The summed E-state index contributed by atoms with van der Waals surface area (Å²) in [6.07, 6.45) is 1.01. The van der Waals surface area contributed by atoms with E-state index < -0.39 is 0 Å². The molecule has 5 unspecified atom stereocenters. The van der Waals surface area contributed by atoms with Gasteiger partial charge in [-0.15, -0.1) is 0 Å². The van der Waals surface area contributed by atoms with Crippen molar-refractivity contribution < 1.29 is 13.9 Å². The summed E-state index contributed by atoms with van der Waals surface area (Å²) < 4.78 is 24.6. The summed E-state index contributed by atoms with van der Waals surface area (Å²) in [5.41, 5.74) is 3.79. The van der Waals surface area contributed by atoms with Crippen molar-refractivity contribution in [2.24, 2.45) is 17.7 Å². The lowest BCUT2D eigenvalue weighted by Gasteiger charge is -2.28. The largest absolute Gasteiger partial charge is 0.494 e. The standard InChI is InChI=1S/C16H25FN2O2/c1-9-10(2)21-11(3)16(9)14(19-18)8-12-5-6-15(20-4)13(17)7-12/h5-7,9-11,14,16,19H,8,18H2,1-4H3. The second-order valence-electron chi connectivity index (χ2n) is 5.93.